The summed E-state index contributed by atoms with van der Waals surface area (Å²) < 4.78 is 15.7. The molecular weight excluding hydrogens is 429 g/mol. The monoisotopic (exact) mass is 457 g/mol. The fourth-order valence-electron chi connectivity index (χ4n) is 4.51. The Bertz CT molecular complexity index is 1320. The topological polar surface area (TPSA) is 62.5 Å². The molecule has 0 spiro atoms. The Balaban J connectivity index is 1.29. The lowest BCUT2D eigenvalue weighted by atomic mass is 9.95. The van der Waals surface area contributed by atoms with E-state index in [1.165, 1.54) is 11.6 Å². The Morgan fingerprint density at radius 1 is 1.06 bits per heavy atom. The molecule has 1 fully saturated rings. The molecular formula is C27H28FN5O. The summed E-state index contributed by atoms with van der Waals surface area (Å²) in [6.07, 6.45) is 1.47. The average molecular weight is 458 g/mol. The predicted octanol–water partition coefficient (Wildman–Crippen LogP) is 4.69. The lowest BCUT2D eigenvalue weighted by Gasteiger charge is -2.33. The number of nitrogens with zero attached hydrogens (tertiary/aromatic N) is 4. The molecule has 34 heavy (non-hydrogen) atoms. The van der Waals surface area contributed by atoms with E-state index in [1.807, 2.05) is 17.5 Å². The minimum Gasteiger partial charge on any atom is -0.356 e. The van der Waals surface area contributed by atoms with Gasteiger partial charge in [0.25, 0.3) is 0 Å². The van der Waals surface area contributed by atoms with Crippen LogP contribution in [0.1, 0.15) is 29.7 Å². The fourth-order valence-corrected chi connectivity index (χ4v) is 4.51. The number of hydrogen-bond donors (Lipinski definition) is 1. The van der Waals surface area contributed by atoms with Crippen molar-refractivity contribution in [2.24, 2.45) is 5.92 Å². The highest BCUT2D eigenvalue weighted by atomic mass is 19.1. The van der Waals surface area contributed by atoms with E-state index in [2.05, 4.69) is 52.5 Å². The number of aryl methyl sites for hydroxylation is 2. The van der Waals surface area contributed by atoms with Gasteiger partial charge in [0, 0.05) is 54.5 Å². The molecule has 0 atom stereocenters. The first-order valence-electron chi connectivity index (χ1n) is 11.7. The maximum Gasteiger partial charge on any atom is 0.223 e. The second kappa shape index (κ2) is 9.25. The molecule has 1 aliphatic rings. The molecule has 4 aromatic rings. The van der Waals surface area contributed by atoms with Gasteiger partial charge in [0.2, 0.25) is 5.91 Å². The van der Waals surface area contributed by atoms with Crippen LogP contribution in [0.3, 0.4) is 0 Å². The van der Waals surface area contributed by atoms with Crippen molar-refractivity contribution in [1.29, 1.82) is 0 Å². The summed E-state index contributed by atoms with van der Waals surface area (Å²) in [5, 5.41) is 7.76. The maximum absolute atomic E-state index is 13.8. The van der Waals surface area contributed by atoms with Crippen LogP contribution in [0.25, 0.3) is 16.9 Å². The van der Waals surface area contributed by atoms with Crippen molar-refractivity contribution in [2.75, 3.05) is 18.0 Å². The van der Waals surface area contributed by atoms with Crippen LogP contribution in [-0.2, 0) is 11.3 Å². The molecule has 0 unspecified atom stereocenters. The minimum atomic E-state index is -0.293. The van der Waals surface area contributed by atoms with Crippen LogP contribution >= 0.6 is 0 Å². The van der Waals surface area contributed by atoms with Gasteiger partial charge in [0.05, 0.1) is 5.69 Å². The third-order valence-corrected chi connectivity index (χ3v) is 6.48. The number of carbonyl (C=O) groups excluding carboxylic acids is 1. The summed E-state index contributed by atoms with van der Waals surface area (Å²) in [6, 6.07) is 18.9. The molecule has 1 aliphatic heterocycles. The standard InChI is InChI=1S/C27H28FN5O/c1-18-7-9-20(10-8-18)24-16-25-30-19(2)15-26(33(25)31-24)32-13-11-21(12-14-32)27(34)29-17-22-5-3-4-6-23(22)28/h3-10,15-16,21H,11-14,17H2,1-2H3,(H,29,34). The molecule has 1 N–H and O–H groups in total. The highest BCUT2D eigenvalue weighted by Gasteiger charge is 2.26. The highest BCUT2D eigenvalue weighted by molar-refractivity contribution is 5.79. The van der Waals surface area contributed by atoms with E-state index < -0.39 is 0 Å². The molecule has 0 saturated carbocycles. The zero-order valence-corrected chi connectivity index (χ0v) is 19.5. The zero-order valence-electron chi connectivity index (χ0n) is 19.5. The third kappa shape index (κ3) is 4.51. The molecule has 6 nitrogen and oxygen atoms in total. The molecule has 7 heteroatoms. The summed E-state index contributed by atoms with van der Waals surface area (Å²) in [5.74, 6) is 0.604. The molecule has 1 amide bonds. The quantitative estimate of drug-likeness (QED) is 0.473. The van der Waals surface area contributed by atoms with Gasteiger partial charge in [-0.3, -0.25) is 4.79 Å². The first-order valence-corrected chi connectivity index (χ1v) is 11.7. The summed E-state index contributed by atoms with van der Waals surface area (Å²) in [6.45, 7) is 5.77. The molecule has 2 aromatic heterocycles. The number of benzene rings is 2. The van der Waals surface area contributed by atoms with Gasteiger partial charge in [0.1, 0.15) is 11.6 Å². The maximum atomic E-state index is 13.8. The van der Waals surface area contributed by atoms with Gasteiger partial charge in [-0.15, -0.1) is 0 Å². The molecule has 174 valence electrons. The molecule has 0 aliphatic carbocycles. The normalized spacial score (nSPS) is 14.5. The van der Waals surface area contributed by atoms with Crippen molar-refractivity contribution in [2.45, 2.75) is 33.2 Å². The van der Waals surface area contributed by atoms with E-state index in [-0.39, 0.29) is 24.2 Å². The Morgan fingerprint density at radius 2 is 1.79 bits per heavy atom. The number of carbonyl (C=O) groups is 1. The van der Waals surface area contributed by atoms with Gasteiger partial charge < -0.3 is 10.2 Å². The molecule has 0 radical (unpaired) electrons. The van der Waals surface area contributed by atoms with E-state index in [0.29, 0.717) is 5.56 Å². The fraction of sp³-hybridized carbons (Fsp3) is 0.296. The predicted molar refractivity (Wildman–Crippen MR) is 131 cm³/mol. The molecule has 5 rings (SSSR count). The largest absolute Gasteiger partial charge is 0.356 e. The summed E-state index contributed by atoms with van der Waals surface area (Å²) >= 11 is 0. The number of amides is 1. The van der Waals surface area contributed by atoms with E-state index >= 15 is 0 Å². The third-order valence-electron chi connectivity index (χ3n) is 6.48. The minimum absolute atomic E-state index is 0.0142. The van der Waals surface area contributed by atoms with Crippen molar-refractivity contribution < 1.29 is 9.18 Å². The van der Waals surface area contributed by atoms with E-state index in [0.717, 1.165) is 54.3 Å². The summed E-state index contributed by atoms with van der Waals surface area (Å²) in [7, 11) is 0. The van der Waals surface area contributed by atoms with Crippen LogP contribution in [0.5, 0.6) is 0 Å². The van der Waals surface area contributed by atoms with Crippen LogP contribution in [0, 0.1) is 25.6 Å². The molecule has 0 bridgehead atoms. The SMILES string of the molecule is Cc1ccc(-c2cc3nc(C)cc(N4CCC(C(=O)NCc5ccccc5F)CC4)n3n2)cc1. The Kier molecular flexibility index (Phi) is 6.01. The van der Waals surface area contributed by atoms with E-state index in [9.17, 15) is 9.18 Å². The number of fused-ring (bicyclic) bond motifs is 1. The number of rotatable bonds is 5. The Labute approximate surface area is 198 Å². The van der Waals surface area contributed by atoms with Crippen LogP contribution in [0.15, 0.2) is 60.7 Å². The second-order valence-electron chi connectivity index (χ2n) is 8.99. The molecule has 3 heterocycles. The van der Waals surface area contributed by atoms with Crippen LogP contribution < -0.4 is 10.2 Å². The first-order chi connectivity index (χ1) is 16.5. The van der Waals surface area contributed by atoms with Crippen molar-refractivity contribution in [3.05, 3.63) is 83.3 Å². The number of aromatic nitrogens is 3. The van der Waals surface area contributed by atoms with E-state index in [1.54, 1.807) is 18.2 Å². The molecule has 2 aromatic carbocycles. The summed E-state index contributed by atoms with van der Waals surface area (Å²) in [4.78, 5) is 19.6. The number of piperidine rings is 1. The van der Waals surface area contributed by atoms with Gasteiger partial charge in [-0.25, -0.2) is 9.37 Å². The smallest absolute Gasteiger partial charge is 0.223 e. The average Bonchev–Trinajstić information content (AvgIpc) is 3.27. The number of nitrogens with one attached hydrogen (secondary N) is 1. The van der Waals surface area contributed by atoms with Gasteiger partial charge in [-0.2, -0.15) is 9.61 Å². The van der Waals surface area contributed by atoms with Crippen molar-refractivity contribution in [1.82, 2.24) is 19.9 Å². The first kappa shape index (κ1) is 22.1. The molecule has 1 saturated heterocycles. The van der Waals surface area contributed by atoms with Crippen LogP contribution in [-0.4, -0.2) is 33.6 Å². The van der Waals surface area contributed by atoms with Gasteiger partial charge in [-0.1, -0.05) is 48.0 Å². The second-order valence-corrected chi connectivity index (χ2v) is 8.99. The van der Waals surface area contributed by atoms with Crippen molar-refractivity contribution >= 4 is 17.4 Å². The highest BCUT2D eigenvalue weighted by Crippen LogP contribution is 2.27. The van der Waals surface area contributed by atoms with E-state index in [4.69, 9.17) is 5.10 Å². The number of hydrogen-bond acceptors (Lipinski definition) is 4. The Morgan fingerprint density at radius 3 is 2.53 bits per heavy atom. The van der Waals surface area contributed by atoms with Crippen LogP contribution in [0.2, 0.25) is 0 Å². The number of halogens is 1. The lowest BCUT2D eigenvalue weighted by Crippen LogP contribution is -2.41. The van der Waals surface area contributed by atoms with Gasteiger partial charge in [0.15, 0.2) is 5.65 Å². The van der Waals surface area contributed by atoms with Crippen molar-refractivity contribution in [3.63, 3.8) is 0 Å². The lowest BCUT2D eigenvalue weighted by molar-refractivity contribution is -0.125. The van der Waals surface area contributed by atoms with Crippen molar-refractivity contribution in [3.8, 4) is 11.3 Å². The van der Waals surface area contributed by atoms with Gasteiger partial charge >= 0.3 is 0 Å². The number of anilines is 1. The summed E-state index contributed by atoms with van der Waals surface area (Å²) in [5.41, 5.74) is 5.42. The van der Waals surface area contributed by atoms with Crippen LogP contribution in [0.4, 0.5) is 10.2 Å². The zero-order chi connectivity index (χ0) is 23.7. The van der Waals surface area contributed by atoms with Gasteiger partial charge in [-0.05, 0) is 32.8 Å². The Hall–Kier alpha value is -3.74.